The Bertz CT molecular complexity index is 678. The van der Waals surface area contributed by atoms with Crippen LogP contribution in [-0.4, -0.2) is 25.5 Å². The van der Waals surface area contributed by atoms with Crippen LogP contribution in [0.1, 0.15) is 12.5 Å². The van der Waals surface area contributed by atoms with Crippen molar-refractivity contribution in [1.29, 1.82) is 0 Å². The first-order chi connectivity index (χ1) is 11.0. The highest BCUT2D eigenvalue weighted by atomic mass is 16.5. The summed E-state index contributed by atoms with van der Waals surface area (Å²) in [5, 5.41) is 2.68. The molecule has 1 N–H and O–H groups in total. The molecule has 2 rings (SSSR count). The van der Waals surface area contributed by atoms with Gasteiger partial charge in [0, 0.05) is 25.3 Å². The first kappa shape index (κ1) is 16.5. The number of nitrogens with one attached hydrogen (secondary N) is 1. The zero-order valence-electron chi connectivity index (χ0n) is 13.5. The molecule has 0 fully saturated rings. The van der Waals surface area contributed by atoms with Gasteiger partial charge in [-0.1, -0.05) is 17.7 Å². The molecule has 0 aliphatic carbocycles. The van der Waals surface area contributed by atoms with Crippen LogP contribution in [0.3, 0.4) is 0 Å². The number of hydrogen-bond donors (Lipinski definition) is 1. The van der Waals surface area contributed by atoms with Crippen molar-refractivity contribution in [2.75, 3.05) is 23.9 Å². The molecule has 2 amide bonds. The van der Waals surface area contributed by atoms with E-state index >= 15 is 0 Å². The molecular formula is C18H20N2O3. The summed E-state index contributed by atoms with van der Waals surface area (Å²) in [5.74, 6) is 0.380. The summed E-state index contributed by atoms with van der Waals surface area (Å²) >= 11 is 0. The van der Waals surface area contributed by atoms with Gasteiger partial charge in [0.1, 0.15) is 5.75 Å². The molecule has 0 heterocycles. The smallest absolute Gasteiger partial charge is 0.264 e. The Balaban J connectivity index is 1.93. The van der Waals surface area contributed by atoms with Crippen molar-refractivity contribution >= 4 is 23.2 Å². The van der Waals surface area contributed by atoms with E-state index in [0.29, 0.717) is 11.4 Å². The molecule has 0 spiro atoms. The van der Waals surface area contributed by atoms with Crippen molar-refractivity contribution in [1.82, 2.24) is 0 Å². The van der Waals surface area contributed by atoms with Crippen molar-refractivity contribution in [2.45, 2.75) is 13.8 Å². The van der Waals surface area contributed by atoms with Crippen LogP contribution >= 0.6 is 0 Å². The monoisotopic (exact) mass is 312 g/mol. The maximum Gasteiger partial charge on any atom is 0.264 e. The molecule has 0 saturated heterocycles. The first-order valence-electron chi connectivity index (χ1n) is 7.29. The van der Waals surface area contributed by atoms with E-state index < -0.39 is 0 Å². The predicted octanol–water partition coefficient (Wildman–Crippen LogP) is 3.00. The van der Waals surface area contributed by atoms with Crippen molar-refractivity contribution < 1.29 is 14.3 Å². The molecule has 0 bridgehead atoms. The standard InChI is InChI=1S/C18H20N2O3/c1-13-4-10-17(11-5-13)23-12-18(22)20(3)16-8-6-15(7-9-16)19-14(2)21/h4-11H,12H2,1-3H3,(H,19,21). The van der Waals surface area contributed by atoms with Gasteiger partial charge >= 0.3 is 0 Å². The van der Waals surface area contributed by atoms with Gasteiger partial charge < -0.3 is 15.0 Å². The Labute approximate surface area is 135 Å². The Morgan fingerprint density at radius 1 is 1.04 bits per heavy atom. The van der Waals surface area contributed by atoms with E-state index in [9.17, 15) is 9.59 Å². The lowest BCUT2D eigenvalue weighted by Crippen LogP contribution is -2.31. The second kappa shape index (κ2) is 7.45. The minimum absolute atomic E-state index is 0.0347. The Hall–Kier alpha value is -2.82. The minimum atomic E-state index is -0.155. The summed E-state index contributed by atoms with van der Waals surface area (Å²) < 4.78 is 5.49. The van der Waals surface area contributed by atoms with Gasteiger partial charge in [0.2, 0.25) is 5.91 Å². The van der Waals surface area contributed by atoms with Crippen molar-refractivity contribution in [3.63, 3.8) is 0 Å². The molecule has 0 radical (unpaired) electrons. The third-order valence-corrected chi connectivity index (χ3v) is 3.33. The van der Waals surface area contributed by atoms with Crippen LogP contribution in [0.4, 0.5) is 11.4 Å². The molecule has 0 unspecified atom stereocenters. The summed E-state index contributed by atoms with van der Waals surface area (Å²) in [5.41, 5.74) is 2.56. The van der Waals surface area contributed by atoms with Gasteiger partial charge in [-0.2, -0.15) is 0 Å². The highest BCUT2D eigenvalue weighted by molar-refractivity contribution is 5.94. The third kappa shape index (κ3) is 4.85. The number of ether oxygens (including phenoxy) is 1. The van der Waals surface area contributed by atoms with Crippen LogP contribution in [0.2, 0.25) is 0 Å². The van der Waals surface area contributed by atoms with E-state index in [1.165, 1.54) is 11.8 Å². The quantitative estimate of drug-likeness (QED) is 0.923. The molecule has 120 valence electrons. The third-order valence-electron chi connectivity index (χ3n) is 3.33. The Morgan fingerprint density at radius 2 is 1.65 bits per heavy atom. The van der Waals surface area contributed by atoms with Crippen LogP contribution < -0.4 is 15.0 Å². The van der Waals surface area contributed by atoms with Crippen LogP contribution in [0.15, 0.2) is 48.5 Å². The second-order valence-corrected chi connectivity index (χ2v) is 5.28. The highest BCUT2D eigenvalue weighted by Gasteiger charge is 2.11. The molecule has 2 aromatic carbocycles. The number of carbonyl (C=O) groups excluding carboxylic acids is 2. The highest BCUT2D eigenvalue weighted by Crippen LogP contribution is 2.17. The van der Waals surface area contributed by atoms with Gasteiger partial charge in [-0.3, -0.25) is 9.59 Å². The van der Waals surface area contributed by atoms with E-state index in [2.05, 4.69) is 5.32 Å². The van der Waals surface area contributed by atoms with E-state index in [1.54, 1.807) is 31.3 Å². The van der Waals surface area contributed by atoms with Crippen LogP contribution in [-0.2, 0) is 9.59 Å². The largest absolute Gasteiger partial charge is 0.484 e. The number of amides is 2. The van der Waals surface area contributed by atoms with Crippen LogP contribution in [0.25, 0.3) is 0 Å². The van der Waals surface area contributed by atoms with Gasteiger partial charge in [0.15, 0.2) is 6.61 Å². The summed E-state index contributed by atoms with van der Waals surface area (Å²) in [7, 11) is 1.69. The molecule has 0 aliphatic heterocycles. The number of likely N-dealkylation sites (N-methyl/N-ethyl adjacent to an activating group) is 1. The van der Waals surface area contributed by atoms with Gasteiger partial charge in [0.25, 0.3) is 5.91 Å². The van der Waals surface area contributed by atoms with E-state index in [0.717, 1.165) is 11.3 Å². The van der Waals surface area contributed by atoms with Crippen molar-refractivity contribution in [3.05, 3.63) is 54.1 Å². The van der Waals surface area contributed by atoms with Crippen LogP contribution in [0.5, 0.6) is 5.75 Å². The zero-order valence-corrected chi connectivity index (χ0v) is 13.5. The molecule has 0 aliphatic rings. The molecule has 5 nitrogen and oxygen atoms in total. The van der Waals surface area contributed by atoms with Gasteiger partial charge in [-0.15, -0.1) is 0 Å². The molecular weight excluding hydrogens is 292 g/mol. The maximum absolute atomic E-state index is 12.2. The zero-order chi connectivity index (χ0) is 16.8. The lowest BCUT2D eigenvalue weighted by atomic mass is 10.2. The molecule has 0 aromatic heterocycles. The van der Waals surface area contributed by atoms with Crippen LogP contribution in [0, 0.1) is 6.92 Å². The fourth-order valence-corrected chi connectivity index (χ4v) is 1.99. The predicted molar refractivity (Wildman–Crippen MR) is 90.8 cm³/mol. The number of benzene rings is 2. The number of anilines is 2. The van der Waals surface area contributed by atoms with E-state index in [-0.39, 0.29) is 18.4 Å². The molecule has 23 heavy (non-hydrogen) atoms. The topological polar surface area (TPSA) is 58.6 Å². The molecule has 5 heteroatoms. The average molecular weight is 312 g/mol. The lowest BCUT2D eigenvalue weighted by molar-refractivity contribution is -0.120. The van der Waals surface area contributed by atoms with Gasteiger partial charge in [-0.25, -0.2) is 0 Å². The van der Waals surface area contributed by atoms with Gasteiger partial charge in [-0.05, 0) is 43.3 Å². The number of carbonyl (C=O) groups is 2. The summed E-state index contributed by atoms with van der Waals surface area (Å²) in [6.07, 6.45) is 0. The summed E-state index contributed by atoms with van der Waals surface area (Å²) in [6.45, 7) is 3.41. The van der Waals surface area contributed by atoms with Crippen molar-refractivity contribution in [3.8, 4) is 5.75 Å². The minimum Gasteiger partial charge on any atom is -0.484 e. The molecule has 0 atom stereocenters. The fraction of sp³-hybridized carbons (Fsp3) is 0.222. The average Bonchev–Trinajstić information content (AvgIpc) is 2.53. The normalized spacial score (nSPS) is 10.0. The maximum atomic E-state index is 12.2. The SMILES string of the molecule is CC(=O)Nc1ccc(N(C)C(=O)COc2ccc(C)cc2)cc1. The Morgan fingerprint density at radius 3 is 2.22 bits per heavy atom. The number of aryl methyl sites for hydroxylation is 1. The number of hydrogen-bond acceptors (Lipinski definition) is 3. The van der Waals surface area contributed by atoms with Crippen molar-refractivity contribution in [2.24, 2.45) is 0 Å². The van der Waals surface area contributed by atoms with E-state index in [1.807, 2.05) is 31.2 Å². The van der Waals surface area contributed by atoms with E-state index in [4.69, 9.17) is 4.74 Å². The second-order valence-electron chi connectivity index (χ2n) is 5.28. The van der Waals surface area contributed by atoms with Gasteiger partial charge in [0.05, 0.1) is 0 Å². The summed E-state index contributed by atoms with van der Waals surface area (Å²) in [6, 6.07) is 14.6. The molecule has 0 saturated carbocycles. The lowest BCUT2D eigenvalue weighted by Gasteiger charge is -2.18. The molecule has 2 aromatic rings. The fourth-order valence-electron chi connectivity index (χ4n) is 1.99. The first-order valence-corrected chi connectivity index (χ1v) is 7.29. The summed E-state index contributed by atoms with van der Waals surface area (Å²) in [4.78, 5) is 24.7. The number of nitrogens with zero attached hydrogens (tertiary/aromatic N) is 1. The number of rotatable bonds is 5. The Kier molecular flexibility index (Phi) is 5.36.